The van der Waals surface area contributed by atoms with E-state index in [1.807, 2.05) is 54.6 Å². The number of carbonyl (C=O) groups is 2. The molecule has 0 aliphatic heterocycles. The van der Waals surface area contributed by atoms with Crippen LogP contribution in [0.1, 0.15) is 50.9 Å². The smallest absolute Gasteiger partial charge is 0.257 e. The highest BCUT2D eigenvalue weighted by Crippen LogP contribution is 2.40. The van der Waals surface area contributed by atoms with Gasteiger partial charge in [0.2, 0.25) is 0 Å². The number of amides is 2. The molecule has 0 radical (unpaired) electrons. The van der Waals surface area contributed by atoms with Gasteiger partial charge in [-0.15, -0.1) is 11.3 Å². The lowest BCUT2D eigenvalue weighted by Gasteiger charge is -2.20. The van der Waals surface area contributed by atoms with Crippen LogP contribution < -0.4 is 11.1 Å². The molecule has 0 bridgehead atoms. The number of hydrogen-bond donors (Lipinski definition) is 2. The van der Waals surface area contributed by atoms with Gasteiger partial charge in [-0.05, 0) is 55.0 Å². The average Bonchev–Trinajstić information content (AvgIpc) is 3.20. The maximum Gasteiger partial charge on any atom is 0.257 e. The predicted octanol–water partition coefficient (Wildman–Crippen LogP) is 6.59. The van der Waals surface area contributed by atoms with Gasteiger partial charge < -0.3 is 11.1 Å². The summed E-state index contributed by atoms with van der Waals surface area (Å²) in [7, 11) is 0. The molecule has 7 heteroatoms. The first kappa shape index (κ1) is 22.7. The Bertz CT molecular complexity index is 1410. The number of aromatic nitrogens is 1. The number of nitrogens with one attached hydrogen (secondary N) is 1. The molecule has 5 rings (SSSR count). The van der Waals surface area contributed by atoms with Crippen molar-refractivity contribution < 1.29 is 9.59 Å². The Kier molecular flexibility index (Phi) is 6.23. The number of primary amides is 1. The quantitative estimate of drug-likeness (QED) is 0.303. The number of nitrogens with zero attached hydrogens (tertiary/aromatic N) is 1. The van der Waals surface area contributed by atoms with Crippen LogP contribution in [0.15, 0.2) is 59.1 Å². The summed E-state index contributed by atoms with van der Waals surface area (Å²) in [5.41, 5.74) is 10.1. The Morgan fingerprint density at radius 3 is 2.68 bits per heavy atom. The number of fused-ring (bicyclic) bond motifs is 2. The van der Waals surface area contributed by atoms with Gasteiger partial charge in [-0.2, -0.15) is 0 Å². The second kappa shape index (κ2) is 9.31. The summed E-state index contributed by atoms with van der Waals surface area (Å²) in [6.45, 7) is 2.19. The molecule has 0 spiro atoms. The van der Waals surface area contributed by atoms with Crippen molar-refractivity contribution in [3.05, 3.63) is 80.6 Å². The van der Waals surface area contributed by atoms with Crippen LogP contribution in [0.4, 0.5) is 5.00 Å². The zero-order chi connectivity index (χ0) is 23.8. The molecule has 0 fully saturated rings. The van der Waals surface area contributed by atoms with Crippen molar-refractivity contribution in [2.24, 2.45) is 11.7 Å². The van der Waals surface area contributed by atoms with E-state index in [0.717, 1.165) is 57.1 Å². The van der Waals surface area contributed by atoms with E-state index >= 15 is 0 Å². The number of hydrogen-bond acceptors (Lipinski definition) is 4. The maximum atomic E-state index is 13.6. The molecule has 2 aromatic carbocycles. The largest absolute Gasteiger partial charge is 0.365 e. The highest BCUT2D eigenvalue weighted by Gasteiger charge is 2.28. The van der Waals surface area contributed by atoms with Crippen molar-refractivity contribution in [2.45, 2.75) is 32.6 Å². The maximum absolute atomic E-state index is 13.6. The monoisotopic (exact) mass is 533 g/mol. The standard InChI is InChI=1S/C27H24BrN3O2S/c1-2-15-7-12-19-23(13-15)34-27(24(19)25(29)32)31-26(33)20-14-22(16-8-10-17(28)11-9-16)30-21-6-4-3-5-18(20)21/h3-6,8-11,14-15H,2,7,12-13H2,1H3,(H2,29,32)(H,31,33). The van der Waals surface area contributed by atoms with Gasteiger partial charge in [0.15, 0.2) is 0 Å². The molecule has 0 saturated heterocycles. The summed E-state index contributed by atoms with van der Waals surface area (Å²) in [4.78, 5) is 31.9. The van der Waals surface area contributed by atoms with E-state index in [1.165, 1.54) is 11.3 Å². The summed E-state index contributed by atoms with van der Waals surface area (Å²) < 4.78 is 0.973. The fourth-order valence-electron chi connectivity index (χ4n) is 4.65. The minimum atomic E-state index is -0.488. The normalized spacial score (nSPS) is 15.2. The van der Waals surface area contributed by atoms with Crippen molar-refractivity contribution in [3.8, 4) is 11.3 Å². The molecule has 3 N–H and O–H groups in total. The van der Waals surface area contributed by atoms with Gasteiger partial charge in [0, 0.05) is 20.3 Å². The van der Waals surface area contributed by atoms with E-state index in [0.29, 0.717) is 27.7 Å². The predicted molar refractivity (Wildman–Crippen MR) is 141 cm³/mol. The Hall–Kier alpha value is -3.03. The van der Waals surface area contributed by atoms with E-state index in [9.17, 15) is 9.59 Å². The zero-order valence-corrected chi connectivity index (χ0v) is 21.1. The molecule has 1 atom stereocenters. The van der Waals surface area contributed by atoms with Gasteiger partial charge >= 0.3 is 0 Å². The van der Waals surface area contributed by atoms with Crippen LogP contribution in [0.3, 0.4) is 0 Å². The topological polar surface area (TPSA) is 85.1 Å². The van der Waals surface area contributed by atoms with Crippen LogP contribution in [0.2, 0.25) is 0 Å². The van der Waals surface area contributed by atoms with Gasteiger partial charge in [0.25, 0.3) is 11.8 Å². The molecular formula is C27H24BrN3O2S. The van der Waals surface area contributed by atoms with Crippen molar-refractivity contribution in [1.29, 1.82) is 0 Å². The van der Waals surface area contributed by atoms with Gasteiger partial charge in [-0.25, -0.2) is 4.98 Å². The number of pyridine rings is 1. The second-order valence-corrected chi connectivity index (χ2v) is 10.6. The summed E-state index contributed by atoms with van der Waals surface area (Å²) in [5, 5.41) is 4.33. The van der Waals surface area contributed by atoms with Crippen LogP contribution in [0.25, 0.3) is 22.2 Å². The molecule has 4 aromatic rings. The number of nitrogens with two attached hydrogens (primary N) is 1. The van der Waals surface area contributed by atoms with Crippen molar-refractivity contribution in [3.63, 3.8) is 0 Å². The Morgan fingerprint density at radius 1 is 1.18 bits per heavy atom. The van der Waals surface area contributed by atoms with E-state index in [2.05, 4.69) is 28.2 Å². The fraction of sp³-hybridized carbons (Fsp3) is 0.222. The Balaban J connectivity index is 1.56. The van der Waals surface area contributed by atoms with Gasteiger partial charge in [-0.3, -0.25) is 9.59 Å². The molecule has 2 heterocycles. The van der Waals surface area contributed by atoms with E-state index in [-0.39, 0.29) is 5.91 Å². The van der Waals surface area contributed by atoms with Crippen molar-refractivity contribution in [1.82, 2.24) is 4.98 Å². The zero-order valence-electron chi connectivity index (χ0n) is 18.7. The first-order chi connectivity index (χ1) is 16.4. The SMILES string of the molecule is CCC1CCc2c(sc(NC(=O)c3cc(-c4ccc(Br)cc4)nc4ccccc34)c2C(N)=O)C1. The van der Waals surface area contributed by atoms with Crippen LogP contribution in [0.5, 0.6) is 0 Å². The highest BCUT2D eigenvalue weighted by molar-refractivity contribution is 9.10. The third-order valence-electron chi connectivity index (χ3n) is 6.52. The third kappa shape index (κ3) is 4.26. The summed E-state index contributed by atoms with van der Waals surface area (Å²) in [6, 6.07) is 17.2. The molecule has 1 aliphatic rings. The summed E-state index contributed by atoms with van der Waals surface area (Å²) in [6.07, 6.45) is 3.90. The molecule has 2 aromatic heterocycles. The molecule has 2 amide bonds. The van der Waals surface area contributed by atoms with Gasteiger partial charge in [0.1, 0.15) is 5.00 Å². The number of thiophene rings is 1. The fourth-order valence-corrected chi connectivity index (χ4v) is 6.28. The number of halogens is 1. The van der Waals surface area contributed by atoms with Crippen molar-refractivity contribution in [2.75, 3.05) is 5.32 Å². The summed E-state index contributed by atoms with van der Waals surface area (Å²) >= 11 is 4.95. The van der Waals surface area contributed by atoms with Gasteiger partial charge in [0.05, 0.1) is 22.3 Å². The van der Waals surface area contributed by atoms with Gasteiger partial charge in [-0.1, -0.05) is 59.6 Å². The summed E-state index contributed by atoms with van der Waals surface area (Å²) in [5.74, 6) is -0.156. The minimum absolute atomic E-state index is 0.273. The minimum Gasteiger partial charge on any atom is -0.365 e. The van der Waals surface area contributed by atoms with Crippen LogP contribution in [-0.4, -0.2) is 16.8 Å². The Labute approximate surface area is 210 Å². The van der Waals surface area contributed by atoms with E-state index < -0.39 is 5.91 Å². The average molecular weight is 534 g/mol. The lowest BCUT2D eigenvalue weighted by Crippen LogP contribution is -2.20. The number of benzene rings is 2. The van der Waals surface area contributed by atoms with Crippen molar-refractivity contribution >= 4 is 55.0 Å². The van der Waals surface area contributed by atoms with Crippen LogP contribution >= 0.6 is 27.3 Å². The molecule has 0 saturated carbocycles. The molecule has 34 heavy (non-hydrogen) atoms. The molecule has 172 valence electrons. The molecular weight excluding hydrogens is 510 g/mol. The second-order valence-electron chi connectivity index (χ2n) is 8.62. The molecule has 5 nitrogen and oxygen atoms in total. The third-order valence-corrected chi connectivity index (χ3v) is 8.22. The van der Waals surface area contributed by atoms with Crippen LogP contribution in [-0.2, 0) is 12.8 Å². The lowest BCUT2D eigenvalue weighted by molar-refractivity contribution is 0.1000. The highest BCUT2D eigenvalue weighted by atomic mass is 79.9. The number of carbonyl (C=O) groups excluding carboxylic acids is 2. The molecule has 1 aliphatic carbocycles. The number of anilines is 1. The first-order valence-electron chi connectivity index (χ1n) is 11.4. The lowest BCUT2D eigenvalue weighted by atomic mass is 9.85. The molecule has 1 unspecified atom stereocenters. The Morgan fingerprint density at radius 2 is 1.94 bits per heavy atom. The van der Waals surface area contributed by atoms with Crippen LogP contribution in [0, 0.1) is 5.92 Å². The number of para-hydroxylation sites is 1. The van der Waals surface area contributed by atoms with E-state index in [4.69, 9.17) is 10.7 Å². The first-order valence-corrected chi connectivity index (χ1v) is 13.0. The number of rotatable bonds is 5. The van der Waals surface area contributed by atoms with E-state index in [1.54, 1.807) is 0 Å².